The van der Waals surface area contributed by atoms with E-state index in [2.05, 4.69) is 193 Å². The summed E-state index contributed by atoms with van der Waals surface area (Å²) in [5.41, 5.74) is 18.8. The molecule has 1 atom stereocenters. The van der Waals surface area contributed by atoms with Gasteiger partial charge in [0.2, 0.25) is 0 Å². The maximum atomic E-state index is 4.41. The standard InChI is InChI=1S/C51H41N3/c1-34-29-50-46(44-19-8-10-21-49(44)54(50)38-15-5-4-6-16-38)32-45(34)35-22-24-39(25-23-35)53(40-17-11-13-36(30-40)37-14-12-28-52-33-37)41-26-27-43-42-18-7-9-20-47(42)51(2,3)48(43)31-41/h4-28,30-34H,29H2,1-3H3. The average Bonchev–Trinajstić information content (AvgIpc) is 3.66. The summed E-state index contributed by atoms with van der Waals surface area (Å²) in [4.78, 5) is 6.82. The number of aromatic nitrogens is 2. The summed E-state index contributed by atoms with van der Waals surface area (Å²) in [6.07, 6.45) is 7.20. The molecule has 0 radical (unpaired) electrons. The van der Waals surface area contributed by atoms with Crippen molar-refractivity contribution in [1.82, 2.24) is 9.55 Å². The molecule has 3 nitrogen and oxygen atoms in total. The molecule has 0 saturated heterocycles. The summed E-state index contributed by atoms with van der Waals surface area (Å²) in [7, 11) is 0. The number of hydrogen-bond donors (Lipinski definition) is 0. The molecule has 0 amide bonds. The van der Waals surface area contributed by atoms with Crippen LogP contribution in [-0.4, -0.2) is 9.55 Å². The molecule has 2 heterocycles. The number of rotatable bonds is 6. The van der Waals surface area contributed by atoms with Gasteiger partial charge in [-0.05, 0) is 118 Å². The van der Waals surface area contributed by atoms with E-state index >= 15 is 0 Å². The topological polar surface area (TPSA) is 21.1 Å². The van der Waals surface area contributed by atoms with Gasteiger partial charge in [0.05, 0.1) is 5.52 Å². The Morgan fingerprint density at radius 3 is 2.17 bits per heavy atom. The highest BCUT2D eigenvalue weighted by molar-refractivity contribution is 5.99. The lowest BCUT2D eigenvalue weighted by Gasteiger charge is -2.29. The average molecular weight is 696 g/mol. The fraction of sp³-hybridized carbons (Fsp3) is 0.118. The summed E-state index contributed by atoms with van der Waals surface area (Å²) in [5.74, 6) is 0.364. The lowest BCUT2D eigenvalue weighted by molar-refractivity contribution is 0.660. The van der Waals surface area contributed by atoms with Crippen molar-refractivity contribution in [3.05, 3.63) is 198 Å². The summed E-state index contributed by atoms with van der Waals surface area (Å²) in [6.45, 7) is 7.08. The van der Waals surface area contributed by atoms with E-state index in [1.807, 2.05) is 18.5 Å². The molecule has 54 heavy (non-hydrogen) atoms. The van der Waals surface area contributed by atoms with Gasteiger partial charge < -0.3 is 9.47 Å². The van der Waals surface area contributed by atoms with E-state index in [0.29, 0.717) is 5.92 Å². The molecule has 6 aromatic carbocycles. The van der Waals surface area contributed by atoms with E-state index in [4.69, 9.17) is 0 Å². The zero-order valence-corrected chi connectivity index (χ0v) is 30.9. The molecule has 3 heteroatoms. The maximum Gasteiger partial charge on any atom is 0.0537 e. The van der Waals surface area contributed by atoms with Crippen molar-refractivity contribution in [1.29, 1.82) is 0 Å². The summed E-state index contributed by atoms with van der Waals surface area (Å²) < 4.78 is 2.46. The third-order valence-corrected chi connectivity index (χ3v) is 11.7. The van der Waals surface area contributed by atoms with Gasteiger partial charge in [-0.25, -0.2) is 0 Å². The quantitative estimate of drug-likeness (QED) is 0.173. The van der Waals surface area contributed by atoms with Crippen LogP contribution >= 0.6 is 0 Å². The Bertz CT molecular complexity index is 2720. The first-order valence-corrected chi connectivity index (χ1v) is 19.0. The Morgan fingerprint density at radius 2 is 1.33 bits per heavy atom. The fourth-order valence-corrected chi connectivity index (χ4v) is 9.06. The van der Waals surface area contributed by atoms with Crippen molar-refractivity contribution in [2.75, 3.05) is 4.90 Å². The van der Waals surface area contributed by atoms with Crippen molar-refractivity contribution < 1.29 is 0 Å². The SMILES string of the molecule is CC1Cc2c(c3ccccc3n2-c2ccccc2)C=C1c1ccc(N(c2cccc(-c3cccnc3)c2)c2ccc3c(c2)C(C)(C)c2ccccc2-3)cc1. The molecular weight excluding hydrogens is 655 g/mol. The normalized spacial score (nSPS) is 15.3. The van der Waals surface area contributed by atoms with Crippen molar-refractivity contribution in [2.45, 2.75) is 32.6 Å². The zero-order chi connectivity index (χ0) is 36.4. The number of nitrogens with zero attached hydrogens (tertiary/aromatic N) is 3. The van der Waals surface area contributed by atoms with Crippen molar-refractivity contribution in [3.8, 4) is 27.9 Å². The van der Waals surface area contributed by atoms with Crippen molar-refractivity contribution in [3.63, 3.8) is 0 Å². The molecule has 0 aliphatic heterocycles. The van der Waals surface area contributed by atoms with Gasteiger partial charge in [-0.3, -0.25) is 4.98 Å². The maximum absolute atomic E-state index is 4.41. The van der Waals surface area contributed by atoms with Crippen LogP contribution in [-0.2, 0) is 11.8 Å². The Kier molecular flexibility index (Phi) is 7.52. The third kappa shape index (κ3) is 5.15. The van der Waals surface area contributed by atoms with Crippen molar-refractivity contribution in [2.24, 2.45) is 5.92 Å². The van der Waals surface area contributed by atoms with Gasteiger partial charge in [0.15, 0.2) is 0 Å². The van der Waals surface area contributed by atoms with Gasteiger partial charge in [0, 0.05) is 62.8 Å². The van der Waals surface area contributed by atoms with Crippen LogP contribution in [0.5, 0.6) is 0 Å². The molecule has 2 aliphatic carbocycles. The van der Waals surface area contributed by atoms with E-state index in [1.165, 1.54) is 61.2 Å². The first-order chi connectivity index (χ1) is 26.5. The van der Waals surface area contributed by atoms with Crippen LogP contribution in [0.2, 0.25) is 0 Å². The van der Waals surface area contributed by atoms with Gasteiger partial charge >= 0.3 is 0 Å². The summed E-state index contributed by atoms with van der Waals surface area (Å²) >= 11 is 0. The molecule has 2 aliphatic rings. The largest absolute Gasteiger partial charge is 0.313 e. The highest BCUT2D eigenvalue weighted by atomic mass is 15.1. The minimum absolute atomic E-state index is 0.0961. The zero-order valence-electron chi connectivity index (χ0n) is 30.9. The molecule has 0 N–H and O–H groups in total. The fourth-order valence-electron chi connectivity index (χ4n) is 9.06. The van der Waals surface area contributed by atoms with Crippen LogP contribution in [0.1, 0.15) is 48.7 Å². The second kappa shape index (κ2) is 12.6. The van der Waals surface area contributed by atoms with Crippen LogP contribution in [0.3, 0.4) is 0 Å². The molecule has 10 rings (SSSR count). The molecule has 2 aromatic heterocycles. The molecule has 260 valence electrons. The Hall–Kier alpha value is -6.45. The number of allylic oxidation sites excluding steroid dienone is 1. The summed E-state index contributed by atoms with van der Waals surface area (Å²) in [5, 5.41) is 1.30. The van der Waals surface area contributed by atoms with Crippen LogP contribution in [0, 0.1) is 5.92 Å². The van der Waals surface area contributed by atoms with Crippen LogP contribution in [0.15, 0.2) is 170 Å². The number of anilines is 3. The molecular formula is C51H41N3. The second-order valence-electron chi connectivity index (χ2n) is 15.3. The number of hydrogen-bond acceptors (Lipinski definition) is 2. The predicted octanol–water partition coefficient (Wildman–Crippen LogP) is 13.2. The Morgan fingerprint density at radius 1 is 0.611 bits per heavy atom. The third-order valence-electron chi connectivity index (χ3n) is 11.7. The Labute approximate surface area is 317 Å². The molecule has 1 unspecified atom stereocenters. The molecule has 0 fully saturated rings. The van der Waals surface area contributed by atoms with Gasteiger partial charge in [-0.1, -0.05) is 118 Å². The summed E-state index contributed by atoms with van der Waals surface area (Å²) in [6, 6.07) is 57.7. The number of benzene rings is 6. The first kappa shape index (κ1) is 32.2. The number of pyridine rings is 1. The van der Waals surface area contributed by atoms with Crippen LogP contribution in [0.4, 0.5) is 17.1 Å². The number of fused-ring (bicyclic) bond motifs is 6. The minimum atomic E-state index is -0.0961. The van der Waals surface area contributed by atoms with Crippen LogP contribution in [0.25, 0.3) is 50.5 Å². The van der Waals surface area contributed by atoms with Gasteiger partial charge in [-0.2, -0.15) is 0 Å². The monoisotopic (exact) mass is 695 g/mol. The van der Waals surface area contributed by atoms with E-state index in [-0.39, 0.29) is 5.41 Å². The lowest BCUT2D eigenvalue weighted by atomic mass is 9.82. The van der Waals surface area contributed by atoms with Crippen LogP contribution < -0.4 is 4.90 Å². The smallest absolute Gasteiger partial charge is 0.0537 e. The van der Waals surface area contributed by atoms with E-state index in [1.54, 1.807) is 0 Å². The van der Waals surface area contributed by atoms with Gasteiger partial charge in [0.1, 0.15) is 0 Å². The highest BCUT2D eigenvalue weighted by Gasteiger charge is 2.36. The van der Waals surface area contributed by atoms with Gasteiger partial charge in [0.25, 0.3) is 0 Å². The van der Waals surface area contributed by atoms with Gasteiger partial charge in [-0.15, -0.1) is 0 Å². The van der Waals surface area contributed by atoms with E-state index < -0.39 is 0 Å². The highest BCUT2D eigenvalue weighted by Crippen LogP contribution is 2.51. The van der Waals surface area contributed by atoms with E-state index in [0.717, 1.165) is 34.6 Å². The number of para-hydroxylation sites is 2. The molecule has 0 spiro atoms. The Balaban J connectivity index is 1.08. The molecule has 0 bridgehead atoms. The first-order valence-electron chi connectivity index (χ1n) is 19.0. The second-order valence-corrected chi connectivity index (χ2v) is 15.3. The minimum Gasteiger partial charge on any atom is -0.313 e. The van der Waals surface area contributed by atoms with E-state index in [9.17, 15) is 0 Å². The predicted molar refractivity (Wildman–Crippen MR) is 226 cm³/mol. The van der Waals surface area contributed by atoms with Crippen molar-refractivity contribution >= 4 is 39.6 Å². The molecule has 0 saturated carbocycles. The lowest BCUT2D eigenvalue weighted by Crippen LogP contribution is -2.16. The molecule has 8 aromatic rings.